The average molecular weight is 321 g/mol. The minimum Gasteiger partial charge on any atom is -0.352 e. The van der Waals surface area contributed by atoms with Crippen LogP contribution in [0.1, 0.15) is 17.5 Å². The van der Waals surface area contributed by atoms with E-state index >= 15 is 0 Å². The number of carbonyl (C=O) groups is 1. The van der Waals surface area contributed by atoms with E-state index in [4.69, 9.17) is 0 Å². The second-order valence-corrected chi connectivity index (χ2v) is 7.27. The lowest BCUT2D eigenvalue weighted by molar-refractivity contribution is -0.137. The fourth-order valence-electron chi connectivity index (χ4n) is 2.23. The number of sulfone groups is 1. The van der Waals surface area contributed by atoms with Crippen molar-refractivity contribution in [2.24, 2.45) is 0 Å². The van der Waals surface area contributed by atoms with Crippen LogP contribution in [0.4, 0.5) is 13.2 Å². The molecule has 8 heteroatoms. The van der Waals surface area contributed by atoms with Gasteiger partial charge in [0.2, 0.25) is 5.91 Å². The average Bonchev–Trinajstić information content (AvgIpc) is 2.67. The number of halogens is 3. The fourth-order valence-corrected chi connectivity index (χ4v) is 3.90. The molecule has 0 unspecified atom stereocenters. The SMILES string of the molecule is O=C(Cc1cccc(C(F)(F)F)c1)N[C@H]1CCS(=O)(=O)C1. The van der Waals surface area contributed by atoms with Crippen LogP contribution in [0.2, 0.25) is 0 Å². The molecule has 1 N–H and O–H groups in total. The molecule has 0 saturated carbocycles. The van der Waals surface area contributed by atoms with E-state index in [-0.39, 0.29) is 23.5 Å². The molecule has 1 heterocycles. The van der Waals surface area contributed by atoms with E-state index < -0.39 is 33.5 Å². The monoisotopic (exact) mass is 321 g/mol. The van der Waals surface area contributed by atoms with Crippen molar-refractivity contribution < 1.29 is 26.4 Å². The van der Waals surface area contributed by atoms with Crippen LogP contribution in [0.5, 0.6) is 0 Å². The van der Waals surface area contributed by atoms with Crippen LogP contribution in [0, 0.1) is 0 Å². The van der Waals surface area contributed by atoms with Gasteiger partial charge in [-0.15, -0.1) is 0 Å². The number of carbonyl (C=O) groups excluding carboxylic acids is 1. The zero-order chi connectivity index (χ0) is 15.7. The maximum atomic E-state index is 12.6. The van der Waals surface area contributed by atoms with E-state index in [9.17, 15) is 26.4 Å². The maximum Gasteiger partial charge on any atom is 0.416 e. The first-order valence-electron chi connectivity index (χ1n) is 6.32. The van der Waals surface area contributed by atoms with Crippen molar-refractivity contribution in [1.29, 1.82) is 0 Å². The number of hydrogen-bond acceptors (Lipinski definition) is 3. The Kier molecular flexibility index (Phi) is 4.27. The van der Waals surface area contributed by atoms with Gasteiger partial charge in [-0.1, -0.05) is 18.2 Å². The first-order chi connectivity index (χ1) is 9.66. The number of nitrogens with one attached hydrogen (secondary N) is 1. The molecule has 1 aromatic carbocycles. The molecule has 0 aliphatic carbocycles. The summed E-state index contributed by atoms with van der Waals surface area (Å²) in [6.45, 7) is 0. The molecule has 0 radical (unpaired) electrons. The first-order valence-corrected chi connectivity index (χ1v) is 8.14. The highest BCUT2D eigenvalue weighted by atomic mass is 32.2. The number of rotatable bonds is 3. The van der Waals surface area contributed by atoms with Crippen LogP contribution in [0.3, 0.4) is 0 Å². The summed E-state index contributed by atoms with van der Waals surface area (Å²) in [6, 6.07) is 4.08. The van der Waals surface area contributed by atoms with Gasteiger partial charge >= 0.3 is 6.18 Å². The van der Waals surface area contributed by atoms with Gasteiger partial charge in [0.05, 0.1) is 23.5 Å². The molecule has 0 spiro atoms. The number of alkyl halides is 3. The van der Waals surface area contributed by atoms with Crippen LogP contribution in [0.15, 0.2) is 24.3 Å². The predicted molar refractivity (Wildman–Crippen MR) is 70.3 cm³/mol. The van der Waals surface area contributed by atoms with Crippen molar-refractivity contribution in [2.45, 2.75) is 25.1 Å². The summed E-state index contributed by atoms with van der Waals surface area (Å²) in [5.74, 6) is -0.556. The van der Waals surface area contributed by atoms with Gasteiger partial charge in [0.1, 0.15) is 0 Å². The number of benzene rings is 1. The fraction of sp³-hybridized carbons (Fsp3) is 0.462. The summed E-state index contributed by atoms with van der Waals surface area (Å²) < 4.78 is 60.2. The third-order valence-electron chi connectivity index (χ3n) is 3.22. The Balaban J connectivity index is 1.97. The van der Waals surface area contributed by atoms with E-state index in [0.29, 0.717) is 6.42 Å². The number of hydrogen-bond donors (Lipinski definition) is 1. The topological polar surface area (TPSA) is 63.2 Å². The summed E-state index contributed by atoms with van der Waals surface area (Å²) >= 11 is 0. The van der Waals surface area contributed by atoms with Gasteiger partial charge in [-0.2, -0.15) is 13.2 Å². The van der Waals surface area contributed by atoms with Crippen LogP contribution in [-0.4, -0.2) is 31.9 Å². The Morgan fingerprint density at radius 2 is 2.05 bits per heavy atom. The van der Waals surface area contributed by atoms with Crippen molar-refractivity contribution >= 4 is 15.7 Å². The van der Waals surface area contributed by atoms with Crippen LogP contribution >= 0.6 is 0 Å². The molecule has 21 heavy (non-hydrogen) atoms. The van der Waals surface area contributed by atoms with Gasteiger partial charge in [0.25, 0.3) is 0 Å². The Morgan fingerprint density at radius 3 is 2.62 bits per heavy atom. The lowest BCUT2D eigenvalue weighted by Gasteiger charge is -2.12. The standard InChI is InChI=1S/C13H14F3NO3S/c14-13(15,16)10-3-1-2-9(6-10)7-12(18)17-11-4-5-21(19,20)8-11/h1-3,6,11H,4-5,7-8H2,(H,17,18)/t11-/m0/s1. The summed E-state index contributed by atoms with van der Waals surface area (Å²) in [6.07, 6.45) is -4.32. The van der Waals surface area contributed by atoms with Crippen LogP contribution in [-0.2, 0) is 27.2 Å². The van der Waals surface area contributed by atoms with Crippen molar-refractivity contribution in [2.75, 3.05) is 11.5 Å². The van der Waals surface area contributed by atoms with Crippen LogP contribution < -0.4 is 5.32 Å². The summed E-state index contributed by atoms with van der Waals surface area (Å²) in [4.78, 5) is 11.8. The highest BCUT2D eigenvalue weighted by Crippen LogP contribution is 2.29. The Bertz CT molecular complexity index is 640. The summed E-state index contributed by atoms with van der Waals surface area (Å²) in [5.41, 5.74) is -0.570. The van der Waals surface area contributed by atoms with E-state index in [1.165, 1.54) is 12.1 Å². The Labute approximate surface area is 120 Å². The Hall–Kier alpha value is -1.57. The zero-order valence-electron chi connectivity index (χ0n) is 11.0. The van der Waals surface area contributed by atoms with E-state index in [2.05, 4.69) is 5.32 Å². The molecule has 1 aliphatic heterocycles. The molecular weight excluding hydrogens is 307 g/mol. The van der Waals surface area contributed by atoms with Gasteiger partial charge in [-0.3, -0.25) is 4.79 Å². The second kappa shape index (κ2) is 5.67. The molecular formula is C13H14F3NO3S. The molecule has 4 nitrogen and oxygen atoms in total. The normalized spacial score (nSPS) is 21.2. The molecule has 1 aliphatic rings. The lowest BCUT2D eigenvalue weighted by Crippen LogP contribution is -2.36. The summed E-state index contributed by atoms with van der Waals surface area (Å²) in [7, 11) is -3.10. The molecule has 1 amide bonds. The molecule has 2 rings (SSSR count). The molecule has 1 saturated heterocycles. The van der Waals surface area contributed by atoms with Crippen LogP contribution in [0.25, 0.3) is 0 Å². The van der Waals surface area contributed by atoms with Crippen molar-refractivity contribution in [3.05, 3.63) is 35.4 Å². The first kappa shape index (κ1) is 15.8. The number of amides is 1. The zero-order valence-corrected chi connectivity index (χ0v) is 11.8. The second-order valence-electron chi connectivity index (χ2n) is 5.04. The molecule has 116 valence electrons. The molecule has 1 atom stereocenters. The van der Waals surface area contributed by atoms with E-state index in [1.807, 2.05) is 0 Å². The van der Waals surface area contributed by atoms with E-state index in [0.717, 1.165) is 12.1 Å². The smallest absolute Gasteiger partial charge is 0.352 e. The summed E-state index contributed by atoms with van der Waals surface area (Å²) in [5, 5.41) is 2.54. The minimum atomic E-state index is -4.45. The third-order valence-corrected chi connectivity index (χ3v) is 4.98. The van der Waals surface area contributed by atoms with Gasteiger partial charge in [0.15, 0.2) is 9.84 Å². The third kappa shape index (κ3) is 4.45. The minimum absolute atomic E-state index is 0.0293. The van der Waals surface area contributed by atoms with Gasteiger partial charge < -0.3 is 5.32 Å². The largest absolute Gasteiger partial charge is 0.416 e. The molecule has 0 bridgehead atoms. The van der Waals surface area contributed by atoms with E-state index in [1.54, 1.807) is 0 Å². The van der Waals surface area contributed by atoms with Gasteiger partial charge in [0, 0.05) is 6.04 Å². The lowest BCUT2D eigenvalue weighted by atomic mass is 10.1. The highest BCUT2D eigenvalue weighted by molar-refractivity contribution is 7.91. The predicted octanol–water partition coefficient (Wildman–Crippen LogP) is 1.55. The van der Waals surface area contributed by atoms with Gasteiger partial charge in [-0.25, -0.2) is 8.42 Å². The Morgan fingerprint density at radius 1 is 1.33 bits per heavy atom. The quantitative estimate of drug-likeness (QED) is 0.919. The van der Waals surface area contributed by atoms with Crippen molar-refractivity contribution in [3.63, 3.8) is 0 Å². The highest BCUT2D eigenvalue weighted by Gasteiger charge is 2.31. The molecule has 0 aromatic heterocycles. The molecule has 1 fully saturated rings. The molecule has 1 aromatic rings. The van der Waals surface area contributed by atoms with Crippen molar-refractivity contribution in [1.82, 2.24) is 5.32 Å². The van der Waals surface area contributed by atoms with Crippen molar-refractivity contribution in [3.8, 4) is 0 Å². The maximum absolute atomic E-state index is 12.6. The van der Waals surface area contributed by atoms with Gasteiger partial charge in [-0.05, 0) is 18.1 Å².